The van der Waals surface area contributed by atoms with Gasteiger partial charge in [0.05, 0.1) is 26.1 Å². The average Bonchev–Trinajstić information content (AvgIpc) is 3.49. The summed E-state index contributed by atoms with van der Waals surface area (Å²) in [5, 5.41) is 10.0. The van der Waals surface area contributed by atoms with Crippen LogP contribution < -0.4 is 14.4 Å². The van der Waals surface area contributed by atoms with E-state index in [9.17, 15) is 5.11 Å². The van der Waals surface area contributed by atoms with Gasteiger partial charge in [-0.25, -0.2) is 4.39 Å². The van der Waals surface area contributed by atoms with Crippen LogP contribution in [0.1, 0.15) is 68.9 Å². The number of allylic oxidation sites excluding steroid dienone is 4. The number of hydrogen-bond donors (Lipinski definition) is 1. The van der Waals surface area contributed by atoms with Crippen LogP contribution in [0, 0.1) is 5.82 Å². The molecular weight excluding hydrogens is 547 g/mol. The highest BCUT2D eigenvalue weighted by molar-refractivity contribution is 5.60. The van der Waals surface area contributed by atoms with E-state index < -0.39 is 0 Å². The minimum Gasteiger partial charge on any atom is -0.512 e. The fourth-order valence-corrected chi connectivity index (χ4v) is 7.10. The molecule has 2 fully saturated rings. The van der Waals surface area contributed by atoms with Crippen molar-refractivity contribution in [1.29, 1.82) is 0 Å². The van der Waals surface area contributed by atoms with Crippen molar-refractivity contribution in [2.45, 2.75) is 70.1 Å². The number of anilines is 1. The van der Waals surface area contributed by atoms with Crippen molar-refractivity contribution in [3.63, 3.8) is 0 Å². The number of methoxy groups -OCH3 is 1. The van der Waals surface area contributed by atoms with Gasteiger partial charge in [0.1, 0.15) is 12.4 Å². The van der Waals surface area contributed by atoms with Crippen molar-refractivity contribution in [3.05, 3.63) is 76.3 Å². The van der Waals surface area contributed by atoms with Gasteiger partial charge in [-0.3, -0.25) is 4.90 Å². The Morgan fingerprint density at radius 1 is 1.07 bits per heavy atom. The van der Waals surface area contributed by atoms with Crippen LogP contribution >= 0.6 is 0 Å². The maximum Gasteiger partial charge on any atom is 0.170 e. The Labute approximate surface area is 254 Å². The Hall–Kier alpha value is -3.07. The van der Waals surface area contributed by atoms with E-state index >= 15 is 4.39 Å². The number of benzene rings is 2. The molecule has 4 aliphatic rings. The van der Waals surface area contributed by atoms with Crippen molar-refractivity contribution < 1.29 is 28.4 Å². The standard InChI is InChI=1S/C35H45FN2O5/c1-3-38(33-23-30(40-2)9-10-31(33)28-6-5-27-22-29(39)8-7-26(27)21-28)24-25-4-11-34(32(36)20-25)41-17-16-37-14-12-35(13-15-37)42-18-19-43-35/h4,9-11,20,22-23,28,39H,3,5-8,12-19,21,24H2,1-2H3. The van der Waals surface area contributed by atoms with Crippen molar-refractivity contribution >= 4 is 5.69 Å². The predicted molar refractivity (Wildman–Crippen MR) is 165 cm³/mol. The topological polar surface area (TPSA) is 63.6 Å². The Balaban J connectivity index is 1.09. The lowest BCUT2D eigenvalue weighted by molar-refractivity contribution is -0.185. The number of hydrogen-bond acceptors (Lipinski definition) is 7. The third-order valence-corrected chi connectivity index (χ3v) is 9.60. The van der Waals surface area contributed by atoms with Crippen molar-refractivity contribution in [2.24, 2.45) is 0 Å². The number of nitrogens with zero attached hydrogens (tertiary/aromatic N) is 2. The van der Waals surface area contributed by atoms with E-state index in [1.165, 1.54) is 16.7 Å². The largest absolute Gasteiger partial charge is 0.512 e. The van der Waals surface area contributed by atoms with Gasteiger partial charge in [-0.15, -0.1) is 0 Å². The summed E-state index contributed by atoms with van der Waals surface area (Å²) in [4.78, 5) is 4.64. The van der Waals surface area contributed by atoms with Gasteiger partial charge in [-0.2, -0.15) is 0 Å². The maximum absolute atomic E-state index is 15.2. The van der Waals surface area contributed by atoms with E-state index in [-0.39, 0.29) is 11.6 Å². The van der Waals surface area contributed by atoms with Gasteiger partial charge >= 0.3 is 0 Å². The second kappa shape index (κ2) is 13.3. The van der Waals surface area contributed by atoms with Gasteiger partial charge in [0.15, 0.2) is 17.4 Å². The van der Waals surface area contributed by atoms with Gasteiger partial charge in [0.25, 0.3) is 0 Å². The summed E-state index contributed by atoms with van der Waals surface area (Å²) in [6.45, 7) is 7.84. The summed E-state index contributed by atoms with van der Waals surface area (Å²) in [5.41, 5.74) is 6.14. The highest BCUT2D eigenvalue weighted by Crippen LogP contribution is 2.44. The molecule has 1 N–H and O–H groups in total. The summed E-state index contributed by atoms with van der Waals surface area (Å²) in [6, 6.07) is 11.7. The highest BCUT2D eigenvalue weighted by Gasteiger charge is 2.39. The molecule has 43 heavy (non-hydrogen) atoms. The van der Waals surface area contributed by atoms with E-state index in [1.54, 1.807) is 19.2 Å². The van der Waals surface area contributed by atoms with Crippen LogP contribution in [0.2, 0.25) is 0 Å². The quantitative estimate of drug-likeness (QED) is 0.323. The predicted octanol–water partition coefficient (Wildman–Crippen LogP) is 6.88. The van der Waals surface area contributed by atoms with E-state index in [1.807, 2.05) is 18.2 Å². The normalized spacial score (nSPS) is 21.9. The fourth-order valence-electron chi connectivity index (χ4n) is 7.10. The summed E-state index contributed by atoms with van der Waals surface area (Å²) >= 11 is 0. The highest BCUT2D eigenvalue weighted by atomic mass is 19.1. The molecule has 232 valence electrons. The van der Waals surface area contributed by atoms with Crippen LogP contribution in [0.15, 0.2) is 59.4 Å². The molecule has 1 spiro atoms. The molecule has 1 atom stereocenters. The maximum atomic E-state index is 15.2. The lowest BCUT2D eigenvalue weighted by atomic mass is 9.76. The van der Waals surface area contributed by atoms with Gasteiger partial charge in [0.2, 0.25) is 0 Å². The van der Waals surface area contributed by atoms with E-state index in [0.29, 0.717) is 43.8 Å². The Kier molecular flexibility index (Phi) is 9.26. The number of piperidine rings is 1. The molecule has 0 radical (unpaired) electrons. The molecule has 2 heterocycles. The van der Waals surface area contributed by atoms with Crippen LogP contribution in [0.3, 0.4) is 0 Å². The summed E-state index contributed by atoms with van der Waals surface area (Å²) < 4.78 is 38.3. The molecule has 0 aromatic heterocycles. The Morgan fingerprint density at radius 2 is 1.88 bits per heavy atom. The number of aliphatic hydroxyl groups is 1. The molecule has 0 amide bonds. The molecule has 0 bridgehead atoms. The zero-order valence-corrected chi connectivity index (χ0v) is 25.6. The van der Waals surface area contributed by atoms with E-state index in [2.05, 4.69) is 28.9 Å². The van der Waals surface area contributed by atoms with Crippen LogP contribution in [-0.4, -0.2) is 68.9 Å². The van der Waals surface area contributed by atoms with Crippen LogP contribution in [0.5, 0.6) is 11.5 Å². The minimum atomic E-state index is -0.382. The molecule has 2 saturated heterocycles. The molecule has 6 rings (SSSR count). The van der Waals surface area contributed by atoms with Crippen LogP contribution in [0.25, 0.3) is 0 Å². The average molecular weight is 593 g/mol. The molecule has 2 aliphatic heterocycles. The lowest BCUT2D eigenvalue weighted by Crippen LogP contribution is -2.46. The second-order valence-electron chi connectivity index (χ2n) is 12.2. The number of likely N-dealkylation sites (tertiary alicyclic amines) is 1. The summed E-state index contributed by atoms with van der Waals surface area (Å²) in [5.74, 6) is 1.31. The molecule has 2 aliphatic carbocycles. The third-order valence-electron chi connectivity index (χ3n) is 9.60. The second-order valence-corrected chi connectivity index (χ2v) is 12.2. The smallest absolute Gasteiger partial charge is 0.170 e. The monoisotopic (exact) mass is 592 g/mol. The number of ether oxygens (including phenoxy) is 4. The molecular formula is C35H45FN2O5. The SMILES string of the molecule is CCN(Cc1ccc(OCCN2CCC3(CC2)OCCO3)c(F)c1)c1cc(OC)ccc1C1CCC2=C(CCC(O)=C2)C1. The van der Waals surface area contributed by atoms with Crippen molar-refractivity contribution in [2.75, 3.05) is 58.0 Å². The third kappa shape index (κ3) is 6.87. The fraction of sp³-hybridized carbons (Fsp3) is 0.543. The number of aliphatic hydroxyl groups excluding tert-OH is 1. The molecule has 8 heteroatoms. The van der Waals surface area contributed by atoms with E-state index in [4.69, 9.17) is 18.9 Å². The van der Waals surface area contributed by atoms with Gasteiger partial charge in [-0.1, -0.05) is 17.7 Å². The van der Waals surface area contributed by atoms with E-state index in [0.717, 1.165) is 88.1 Å². The zero-order chi connectivity index (χ0) is 29.8. The molecule has 2 aromatic carbocycles. The first-order valence-corrected chi connectivity index (χ1v) is 15.9. The lowest BCUT2D eigenvalue weighted by Gasteiger charge is -2.37. The first kappa shape index (κ1) is 30.0. The molecule has 1 unspecified atom stereocenters. The van der Waals surface area contributed by atoms with Crippen LogP contribution in [0.4, 0.5) is 10.1 Å². The van der Waals surface area contributed by atoms with Crippen molar-refractivity contribution in [1.82, 2.24) is 4.90 Å². The summed E-state index contributed by atoms with van der Waals surface area (Å²) in [7, 11) is 1.70. The molecule has 0 saturated carbocycles. The Bertz CT molecular complexity index is 1340. The van der Waals surface area contributed by atoms with Crippen LogP contribution in [-0.2, 0) is 16.0 Å². The minimum absolute atomic E-state index is 0.295. The first-order chi connectivity index (χ1) is 20.9. The zero-order valence-electron chi connectivity index (χ0n) is 25.6. The summed E-state index contributed by atoms with van der Waals surface area (Å²) in [6.07, 6.45) is 8.41. The van der Waals surface area contributed by atoms with Crippen molar-refractivity contribution in [3.8, 4) is 11.5 Å². The van der Waals surface area contributed by atoms with Gasteiger partial charge in [0, 0.05) is 63.7 Å². The van der Waals surface area contributed by atoms with Gasteiger partial charge < -0.3 is 29.0 Å². The first-order valence-electron chi connectivity index (χ1n) is 15.9. The molecule has 2 aromatic rings. The Morgan fingerprint density at radius 3 is 2.63 bits per heavy atom. The number of rotatable bonds is 10. The number of halogens is 1. The molecule has 7 nitrogen and oxygen atoms in total. The van der Waals surface area contributed by atoms with Gasteiger partial charge in [-0.05, 0) is 79.5 Å².